The van der Waals surface area contributed by atoms with E-state index in [1.54, 1.807) is 17.6 Å². The number of aromatic nitrogens is 1. The van der Waals surface area contributed by atoms with E-state index in [1.807, 2.05) is 31.2 Å². The van der Waals surface area contributed by atoms with Crippen LogP contribution in [0.5, 0.6) is 5.75 Å². The zero-order chi connectivity index (χ0) is 11.7. The molecular weight excluding hydrogens is 202 g/mol. The number of pyridine rings is 1. The second kappa shape index (κ2) is 3.85. The second-order valence-corrected chi connectivity index (χ2v) is 3.87. The van der Waals surface area contributed by atoms with Crippen molar-refractivity contribution in [2.24, 2.45) is 0 Å². The smallest absolute Gasteiger partial charge is 0.258 e. The third kappa shape index (κ3) is 1.84. The highest BCUT2D eigenvalue weighted by Crippen LogP contribution is 2.13. The quantitative estimate of drug-likeness (QED) is 0.792. The lowest BCUT2D eigenvalue weighted by molar-refractivity contribution is 0.472. The molecule has 0 saturated heterocycles. The third-order valence-corrected chi connectivity index (χ3v) is 2.46. The first-order valence-corrected chi connectivity index (χ1v) is 5.07. The van der Waals surface area contributed by atoms with Crippen LogP contribution in [-0.2, 0) is 0 Å². The second-order valence-electron chi connectivity index (χ2n) is 3.87. The van der Waals surface area contributed by atoms with Crippen LogP contribution in [0, 0.1) is 13.8 Å². The van der Waals surface area contributed by atoms with E-state index in [2.05, 4.69) is 0 Å². The molecule has 0 aliphatic rings. The van der Waals surface area contributed by atoms with Crippen molar-refractivity contribution in [3.05, 3.63) is 58.0 Å². The first-order valence-electron chi connectivity index (χ1n) is 5.07. The summed E-state index contributed by atoms with van der Waals surface area (Å²) in [5.41, 5.74) is 2.41. The molecule has 2 rings (SSSR count). The number of rotatable bonds is 1. The van der Waals surface area contributed by atoms with Crippen LogP contribution < -0.4 is 5.56 Å². The molecule has 1 heterocycles. The summed E-state index contributed by atoms with van der Waals surface area (Å²) in [6.07, 6.45) is 0. The molecule has 0 amide bonds. The topological polar surface area (TPSA) is 42.2 Å². The molecule has 0 spiro atoms. The summed E-state index contributed by atoms with van der Waals surface area (Å²) >= 11 is 0. The predicted octanol–water partition coefficient (Wildman–Crippen LogP) is 2.16. The highest BCUT2D eigenvalue weighted by Gasteiger charge is 2.04. The van der Waals surface area contributed by atoms with E-state index in [0.29, 0.717) is 0 Å². The Balaban J connectivity index is 2.70. The SMILES string of the molecule is Cc1cccc(-n2c(C)cc(O)cc2=O)c1. The number of aryl methyl sites for hydroxylation is 2. The van der Waals surface area contributed by atoms with Gasteiger partial charge in [-0.15, -0.1) is 0 Å². The van der Waals surface area contributed by atoms with Crippen molar-refractivity contribution in [3.8, 4) is 11.4 Å². The molecule has 0 bridgehead atoms. The molecule has 0 aliphatic heterocycles. The van der Waals surface area contributed by atoms with E-state index in [0.717, 1.165) is 16.9 Å². The third-order valence-electron chi connectivity index (χ3n) is 2.46. The number of benzene rings is 1. The van der Waals surface area contributed by atoms with Crippen LogP contribution in [0.25, 0.3) is 5.69 Å². The summed E-state index contributed by atoms with van der Waals surface area (Å²) in [6.45, 7) is 3.77. The van der Waals surface area contributed by atoms with Crippen LogP contribution in [-0.4, -0.2) is 9.67 Å². The van der Waals surface area contributed by atoms with Crippen molar-refractivity contribution in [1.82, 2.24) is 4.57 Å². The average molecular weight is 215 g/mol. The molecule has 1 aromatic heterocycles. The largest absolute Gasteiger partial charge is 0.508 e. The lowest BCUT2D eigenvalue weighted by atomic mass is 10.2. The zero-order valence-corrected chi connectivity index (χ0v) is 9.27. The summed E-state index contributed by atoms with van der Waals surface area (Å²) < 4.78 is 1.58. The fraction of sp³-hybridized carbons (Fsp3) is 0.154. The molecule has 2 aromatic rings. The maximum absolute atomic E-state index is 11.8. The molecule has 0 atom stereocenters. The molecule has 0 saturated carbocycles. The van der Waals surface area contributed by atoms with Gasteiger partial charge in [-0.1, -0.05) is 12.1 Å². The molecule has 1 aromatic carbocycles. The Hall–Kier alpha value is -2.03. The number of hydrogen-bond acceptors (Lipinski definition) is 2. The minimum atomic E-state index is -0.219. The van der Waals surface area contributed by atoms with E-state index in [-0.39, 0.29) is 11.3 Å². The fourth-order valence-electron chi connectivity index (χ4n) is 1.78. The molecule has 16 heavy (non-hydrogen) atoms. The summed E-state index contributed by atoms with van der Waals surface area (Å²) in [4.78, 5) is 11.8. The normalized spacial score (nSPS) is 10.4. The van der Waals surface area contributed by atoms with Crippen LogP contribution in [0.4, 0.5) is 0 Å². The predicted molar refractivity (Wildman–Crippen MR) is 63.2 cm³/mol. The van der Waals surface area contributed by atoms with Crippen LogP contribution >= 0.6 is 0 Å². The van der Waals surface area contributed by atoms with E-state index in [4.69, 9.17) is 0 Å². The van der Waals surface area contributed by atoms with Crippen molar-refractivity contribution in [1.29, 1.82) is 0 Å². The lowest BCUT2D eigenvalue weighted by Crippen LogP contribution is -2.19. The molecule has 3 heteroatoms. The van der Waals surface area contributed by atoms with Crippen LogP contribution in [0.2, 0.25) is 0 Å². The van der Waals surface area contributed by atoms with Gasteiger partial charge in [-0.3, -0.25) is 9.36 Å². The van der Waals surface area contributed by atoms with Gasteiger partial charge in [-0.2, -0.15) is 0 Å². The number of hydrogen-bond donors (Lipinski definition) is 1. The van der Waals surface area contributed by atoms with Gasteiger partial charge in [0.2, 0.25) is 0 Å². The van der Waals surface area contributed by atoms with Gasteiger partial charge in [0.05, 0.1) is 0 Å². The van der Waals surface area contributed by atoms with Crippen LogP contribution in [0.3, 0.4) is 0 Å². The monoisotopic (exact) mass is 215 g/mol. The Labute approximate surface area is 93.6 Å². The summed E-state index contributed by atoms with van der Waals surface area (Å²) in [5.74, 6) is 0.00593. The minimum absolute atomic E-state index is 0.00593. The van der Waals surface area contributed by atoms with Gasteiger partial charge >= 0.3 is 0 Å². The van der Waals surface area contributed by atoms with E-state index in [9.17, 15) is 9.90 Å². The molecule has 0 aliphatic carbocycles. The van der Waals surface area contributed by atoms with Crippen molar-refractivity contribution < 1.29 is 5.11 Å². The van der Waals surface area contributed by atoms with Crippen LogP contribution in [0.1, 0.15) is 11.3 Å². The Kier molecular flexibility index (Phi) is 2.52. The maximum Gasteiger partial charge on any atom is 0.258 e. The molecule has 3 nitrogen and oxygen atoms in total. The van der Waals surface area contributed by atoms with Gasteiger partial charge in [0, 0.05) is 17.4 Å². The van der Waals surface area contributed by atoms with Gasteiger partial charge in [0.25, 0.3) is 5.56 Å². The molecule has 0 radical (unpaired) electrons. The van der Waals surface area contributed by atoms with E-state index >= 15 is 0 Å². The Morgan fingerprint density at radius 3 is 2.50 bits per heavy atom. The van der Waals surface area contributed by atoms with Gasteiger partial charge < -0.3 is 5.11 Å². The van der Waals surface area contributed by atoms with Crippen molar-refractivity contribution in [3.63, 3.8) is 0 Å². The highest BCUT2D eigenvalue weighted by atomic mass is 16.3. The van der Waals surface area contributed by atoms with Crippen molar-refractivity contribution >= 4 is 0 Å². The van der Waals surface area contributed by atoms with Crippen molar-refractivity contribution in [2.45, 2.75) is 13.8 Å². The van der Waals surface area contributed by atoms with Gasteiger partial charge in [0.1, 0.15) is 5.75 Å². The van der Waals surface area contributed by atoms with Gasteiger partial charge in [0.15, 0.2) is 0 Å². The zero-order valence-electron chi connectivity index (χ0n) is 9.27. The van der Waals surface area contributed by atoms with E-state index < -0.39 is 0 Å². The lowest BCUT2D eigenvalue weighted by Gasteiger charge is -2.10. The fourth-order valence-corrected chi connectivity index (χ4v) is 1.78. The minimum Gasteiger partial charge on any atom is -0.508 e. The molecular formula is C13H13NO2. The first-order chi connectivity index (χ1) is 7.58. The Bertz CT molecular complexity index is 585. The number of nitrogens with zero attached hydrogens (tertiary/aromatic N) is 1. The maximum atomic E-state index is 11.8. The standard InChI is InChI=1S/C13H13NO2/c1-9-4-3-5-11(6-9)14-10(2)7-12(15)8-13(14)16/h3-8,15H,1-2H3. The summed E-state index contributed by atoms with van der Waals surface area (Å²) in [6, 6.07) is 10.5. The van der Waals surface area contributed by atoms with E-state index in [1.165, 1.54) is 6.07 Å². The summed E-state index contributed by atoms with van der Waals surface area (Å²) in [5, 5.41) is 9.31. The van der Waals surface area contributed by atoms with Crippen LogP contribution in [0.15, 0.2) is 41.2 Å². The first kappa shape index (κ1) is 10.5. The molecule has 1 N–H and O–H groups in total. The summed E-state index contributed by atoms with van der Waals surface area (Å²) in [7, 11) is 0. The molecule has 82 valence electrons. The Morgan fingerprint density at radius 1 is 1.12 bits per heavy atom. The van der Waals surface area contributed by atoms with Gasteiger partial charge in [-0.05, 0) is 37.6 Å². The number of aromatic hydroxyl groups is 1. The Morgan fingerprint density at radius 2 is 1.88 bits per heavy atom. The van der Waals surface area contributed by atoms with Crippen molar-refractivity contribution in [2.75, 3.05) is 0 Å². The molecule has 0 unspecified atom stereocenters. The highest BCUT2D eigenvalue weighted by molar-refractivity contribution is 5.38. The molecule has 0 fully saturated rings. The van der Waals surface area contributed by atoms with Gasteiger partial charge in [-0.25, -0.2) is 0 Å². The average Bonchev–Trinajstić information content (AvgIpc) is 2.15.